The largest absolute Gasteiger partial charge is 0.507 e. The van der Waals surface area contributed by atoms with Gasteiger partial charge in [-0.2, -0.15) is 0 Å². The molecular formula is C6H17AlO2P+. The van der Waals surface area contributed by atoms with Crippen LogP contribution in [0.5, 0.6) is 0 Å². The van der Waals surface area contributed by atoms with Crippen LogP contribution in [0.4, 0.5) is 0 Å². The second kappa shape index (κ2) is 9.59. The Morgan fingerprint density at radius 1 is 1.40 bits per heavy atom. The molecule has 0 aliphatic carbocycles. The summed E-state index contributed by atoms with van der Waals surface area (Å²) in [5.41, 5.74) is 0. The minimum atomic E-state index is -1.34. The second-order valence-corrected chi connectivity index (χ2v) is 3.39. The lowest BCUT2D eigenvalue weighted by atomic mass is 10.4. The molecule has 0 saturated heterocycles. The first kappa shape index (κ1) is 13.2. The molecule has 1 atom stereocenters. The molecule has 2 nitrogen and oxygen atoms in total. The van der Waals surface area contributed by atoms with Gasteiger partial charge in [0.05, 0.1) is 0 Å². The third kappa shape index (κ3) is 8.59. The highest BCUT2D eigenvalue weighted by Gasteiger charge is 2.10. The molecule has 1 unspecified atom stereocenters. The molecule has 0 spiro atoms. The normalized spacial score (nSPS) is 10.4. The van der Waals surface area contributed by atoms with E-state index in [4.69, 9.17) is 4.52 Å². The van der Waals surface area contributed by atoms with Crippen molar-refractivity contribution in [2.75, 3.05) is 12.8 Å². The van der Waals surface area contributed by atoms with Gasteiger partial charge < -0.3 is 0 Å². The maximum atomic E-state index is 10.6. The lowest BCUT2D eigenvalue weighted by Crippen LogP contribution is -1.85. The standard InChI is InChI=1S/C6H14O2P.Al.3H/c1-3-5-6-8-9(7)4-2;;;;/h3-6H2,1-2H3;;;;/q+1;;;;. The molecule has 0 aliphatic heterocycles. The van der Waals surface area contributed by atoms with Gasteiger partial charge in [0.1, 0.15) is 6.61 Å². The monoisotopic (exact) mass is 179 g/mol. The van der Waals surface area contributed by atoms with Gasteiger partial charge in [0.2, 0.25) is 0 Å². The summed E-state index contributed by atoms with van der Waals surface area (Å²) in [6.45, 7) is 4.60. The van der Waals surface area contributed by atoms with Gasteiger partial charge in [0.15, 0.2) is 23.5 Å². The van der Waals surface area contributed by atoms with Crippen molar-refractivity contribution in [1.82, 2.24) is 0 Å². The second-order valence-electron chi connectivity index (χ2n) is 1.84. The minimum Gasteiger partial charge on any atom is -0.146 e. The minimum absolute atomic E-state index is 0. The molecule has 0 heterocycles. The number of hydrogen-bond donors (Lipinski definition) is 0. The Morgan fingerprint density at radius 3 is 2.40 bits per heavy atom. The molecule has 0 aromatic heterocycles. The Bertz CT molecular complexity index is 87.8. The predicted octanol–water partition coefficient (Wildman–Crippen LogP) is 1.38. The Labute approximate surface area is 74.3 Å². The predicted molar refractivity (Wildman–Crippen MR) is 48.9 cm³/mol. The van der Waals surface area contributed by atoms with E-state index in [1.807, 2.05) is 6.92 Å². The van der Waals surface area contributed by atoms with Crippen molar-refractivity contribution in [3.05, 3.63) is 0 Å². The fourth-order valence-corrected chi connectivity index (χ4v) is 0.917. The van der Waals surface area contributed by atoms with E-state index in [0.717, 1.165) is 12.8 Å². The molecule has 0 fully saturated rings. The van der Waals surface area contributed by atoms with E-state index in [1.165, 1.54) is 0 Å². The molecule has 0 N–H and O–H groups in total. The van der Waals surface area contributed by atoms with Crippen molar-refractivity contribution < 1.29 is 9.09 Å². The van der Waals surface area contributed by atoms with Crippen LogP contribution in [0, 0.1) is 0 Å². The summed E-state index contributed by atoms with van der Waals surface area (Å²) < 4.78 is 15.6. The molecular weight excluding hydrogens is 162 g/mol. The highest BCUT2D eigenvalue weighted by molar-refractivity contribution is 7.39. The van der Waals surface area contributed by atoms with E-state index >= 15 is 0 Å². The van der Waals surface area contributed by atoms with Crippen LogP contribution in [0.1, 0.15) is 26.7 Å². The molecule has 10 heavy (non-hydrogen) atoms. The summed E-state index contributed by atoms with van der Waals surface area (Å²) in [7, 11) is -1.34. The summed E-state index contributed by atoms with van der Waals surface area (Å²) in [6, 6.07) is 0. The first-order chi connectivity index (χ1) is 4.31. The van der Waals surface area contributed by atoms with Crippen LogP contribution >= 0.6 is 8.03 Å². The zero-order valence-electron chi connectivity index (χ0n) is 6.09. The molecule has 0 aromatic rings. The quantitative estimate of drug-likeness (QED) is 0.362. The van der Waals surface area contributed by atoms with E-state index in [2.05, 4.69) is 6.92 Å². The Morgan fingerprint density at radius 2 is 2.00 bits per heavy atom. The smallest absolute Gasteiger partial charge is 0.146 e. The lowest BCUT2D eigenvalue weighted by molar-refractivity contribution is 0.321. The highest BCUT2D eigenvalue weighted by atomic mass is 31.1. The Balaban J connectivity index is 0. The SMILES string of the molecule is CCCCO[P+](=O)CC.[AlH3]. The third-order valence-corrected chi connectivity index (χ3v) is 1.98. The maximum absolute atomic E-state index is 10.6. The van der Waals surface area contributed by atoms with Gasteiger partial charge in [-0.25, -0.2) is 0 Å². The van der Waals surface area contributed by atoms with E-state index in [0.29, 0.717) is 12.8 Å². The van der Waals surface area contributed by atoms with Crippen LogP contribution in [0.15, 0.2) is 0 Å². The van der Waals surface area contributed by atoms with E-state index in [-0.39, 0.29) is 17.4 Å². The topological polar surface area (TPSA) is 26.3 Å². The van der Waals surface area contributed by atoms with Crippen molar-refractivity contribution in [2.45, 2.75) is 26.7 Å². The van der Waals surface area contributed by atoms with Crippen LogP contribution in [-0.2, 0) is 9.09 Å². The van der Waals surface area contributed by atoms with Gasteiger partial charge in [-0.3, -0.25) is 0 Å². The summed E-state index contributed by atoms with van der Waals surface area (Å²) in [6.07, 6.45) is 2.76. The maximum Gasteiger partial charge on any atom is 0.507 e. The first-order valence-corrected chi connectivity index (χ1v) is 4.75. The summed E-state index contributed by atoms with van der Waals surface area (Å²) in [5.74, 6) is 0. The van der Waals surface area contributed by atoms with Gasteiger partial charge in [-0.1, -0.05) is 13.3 Å². The molecule has 0 rings (SSSR count). The van der Waals surface area contributed by atoms with Gasteiger partial charge in [0.25, 0.3) is 0 Å². The molecule has 0 saturated carbocycles. The van der Waals surface area contributed by atoms with Gasteiger partial charge in [-0.05, 0) is 17.9 Å². The van der Waals surface area contributed by atoms with E-state index in [9.17, 15) is 4.57 Å². The van der Waals surface area contributed by atoms with Crippen LogP contribution < -0.4 is 0 Å². The fraction of sp³-hybridized carbons (Fsp3) is 1.00. The molecule has 60 valence electrons. The van der Waals surface area contributed by atoms with E-state index < -0.39 is 8.03 Å². The van der Waals surface area contributed by atoms with Crippen LogP contribution in [-0.4, -0.2) is 30.1 Å². The molecule has 0 aliphatic rings. The molecule has 0 amide bonds. The third-order valence-electron chi connectivity index (χ3n) is 0.991. The fourth-order valence-electron chi connectivity index (χ4n) is 0.402. The van der Waals surface area contributed by atoms with Crippen LogP contribution in [0.3, 0.4) is 0 Å². The van der Waals surface area contributed by atoms with Crippen molar-refractivity contribution in [3.8, 4) is 0 Å². The molecule has 0 aromatic carbocycles. The van der Waals surface area contributed by atoms with Crippen molar-refractivity contribution in [1.29, 1.82) is 0 Å². The summed E-state index contributed by atoms with van der Waals surface area (Å²) in [5, 5.41) is 0. The van der Waals surface area contributed by atoms with Crippen molar-refractivity contribution in [3.63, 3.8) is 0 Å². The highest BCUT2D eigenvalue weighted by Crippen LogP contribution is 2.20. The average Bonchev–Trinajstić information content (AvgIpc) is 1.89. The number of rotatable bonds is 5. The average molecular weight is 179 g/mol. The van der Waals surface area contributed by atoms with Crippen molar-refractivity contribution >= 4 is 25.4 Å². The van der Waals surface area contributed by atoms with Gasteiger partial charge >= 0.3 is 8.03 Å². The first-order valence-electron chi connectivity index (χ1n) is 3.38. The number of unbranched alkanes of at least 4 members (excludes halogenated alkanes) is 1. The lowest BCUT2D eigenvalue weighted by Gasteiger charge is -1.86. The Hall–Kier alpha value is 0.592. The van der Waals surface area contributed by atoms with Crippen molar-refractivity contribution in [2.24, 2.45) is 0 Å². The summed E-state index contributed by atoms with van der Waals surface area (Å²) >= 11 is 0. The number of hydrogen-bond acceptors (Lipinski definition) is 2. The molecule has 0 radical (unpaired) electrons. The van der Waals surface area contributed by atoms with E-state index in [1.54, 1.807) is 0 Å². The van der Waals surface area contributed by atoms with Crippen LogP contribution in [0.25, 0.3) is 0 Å². The zero-order chi connectivity index (χ0) is 7.11. The summed E-state index contributed by atoms with van der Waals surface area (Å²) in [4.78, 5) is 0. The molecule has 0 bridgehead atoms. The molecule has 4 heteroatoms. The zero-order valence-corrected chi connectivity index (χ0v) is 6.99. The van der Waals surface area contributed by atoms with Gasteiger partial charge in [0, 0.05) is 0 Å². The van der Waals surface area contributed by atoms with Crippen LogP contribution in [0.2, 0.25) is 0 Å². The van der Waals surface area contributed by atoms with Gasteiger partial charge in [-0.15, -0.1) is 4.52 Å². The Kier molecular flexibility index (Phi) is 12.7.